The van der Waals surface area contributed by atoms with Crippen LogP contribution < -0.4 is 4.74 Å². The maximum absolute atomic E-state index is 12.2. The molecule has 1 aromatic carbocycles. The van der Waals surface area contributed by atoms with Crippen molar-refractivity contribution < 1.29 is 17.9 Å². The number of hydrogen-bond donors (Lipinski definition) is 0. The molecule has 0 saturated heterocycles. The van der Waals surface area contributed by atoms with Crippen molar-refractivity contribution in [3.05, 3.63) is 36.6 Å². The van der Waals surface area contributed by atoms with Gasteiger partial charge in [-0.3, -0.25) is 0 Å². The molecule has 4 nitrogen and oxygen atoms in total. The molecule has 1 aliphatic rings. The number of alkyl halides is 1. The van der Waals surface area contributed by atoms with Gasteiger partial charge in [-0.25, -0.2) is 8.42 Å². The molecule has 0 radical (unpaired) electrons. The highest BCUT2D eigenvalue weighted by molar-refractivity contribution is 9.09. The minimum Gasteiger partial charge on any atom is -0.497 e. The summed E-state index contributed by atoms with van der Waals surface area (Å²) in [6, 6.07) is 6.24. The number of benzene rings is 1. The van der Waals surface area contributed by atoms with Crippen LogP contribution in [0, 0.1) is 0 Å². The lowest BCUT2D eigenvalue weighted by Gasteiger charge is -2.15. The molecular weight excluding hydrogens is 308 g/mol. The van der Waals surface area contributed by atoms with Crippen molar-refractivity contribution >= 4 is 25.8 Å². The molecule has 1 heterocycles. The zero-order valence-electron chi connectivity index (χ0n) is 9.04. The summed E-state index contributed by atoms with van der Waals surface area (Å²) in [5, 5.41) is 0. The summed E-state index contributed by atoms with van der Waals surface area (Å²) < 4.78 is 34.5. The molecule has 2 atom stereocenters. The lowest BCUT2D eigenvalue weighted by Crippen LogP contribution is -2.27. The Hall–Kier alpha value is -1.01. The smallest absolute Gasteiger partial charge is 0.218 e. The molecule has 0 bridgehead atoms. The van der Waals surface area contributed by atoms with E-state index in [0.29, 0.717) is 5.75 Å². The van der Waals surface area contributed by atoms with Crippen molar-refractivity contribution in [1.29, 1.82) is 0 Å². The van der Waals surface area contributed by atoms with Crippen LogP contribution in [-0.2, 0) is 14.6 Å². The standard InChI is InChI=1S/C11H11BrO4S/c1-15-8-2-4-9(5-3-8)17(13,14)11-10(12)6-7-16-11/h2-7,10-11H,1H3. The van der Waals surface area contributed by atoms with Crippen LogP contribution in [0.3, 0.4) is 0 Å². The third kappa shape index (κ3) is 2.32. The number of methoxy groups -OCH3 is 1. The van der Waals surface area contributed by atoms with Gasteiger partial charge in [-0.1, -0.05) is 15.9 Å². The van der Waals surface area contributed by atoms with E-state index in [1.165, 1.54) is 25.5 Å². The SMILES string of the molecule is COc1ccc(S(=O)(=O)C2OC=CC2Br)cc1. The number of sulfone groups is 1. The number of rotatable bonds is 3. The highest BCUT2D eigenvalue weighted by Gasteiger charge is 2.36. The van der Waals surface area contributed by atoms with Gasteiger partial charge in [0.25, 0.3) is 0 Å². The first-order valence-electron chi connectivity index (χ1n) is 4.90. The Labute approximate surface area is 108 Å². The summed E-state index contributed by atoms with van der Waals surface area (Å²) in [4.78, 5) is -0.106. The molecule has 1 aromatic rings. The van der Waals surface area contributed by atoms with Crippen molar-refractivity contribution in [1.82, 2.24) is 0 Å². The average molecular weight is 319 g/mol. The van der Waals surface area contributed by atoms with E-state index in [9.17, 15) is 8.42 Å². The van der Waals surface area contributed by atoms with E-state index in [2.05, 4.69) is 15.9 Å². The van der Waals surface area contributed by atoms with Crippen LogP contribution in [0.5, 0.6) is 5.75 Å². The second kappa shape index (κ2) is 4.70. The molecule has 2 rings (SSSR count). The minimum atomic E-state index is -3.50. The molecule has 92 valence electrons. The lowest BCUT2D eigenvalue weighted by atomic mass is 10.3. The van der Waals surface area contributed by atoms with Gasteiger partial charge in [0.1, 0.15) is 5.75 Å². The van der Waals surface area contributed by atoms with Crippen molar-refractivity contribution in [3.63, 3.8) is 0 Å². The number of ether oxygens (including phenoxy) is 2. The lowest BCUT2D eigenvalue weighted by molar-refractivity contribution is 0.242. The molecule has 1 aliphatic heterocycles. The van der Waals surface area contributed by atoms with Crippen LogP contribution in [0.25, 0.3) is 0 Å². The third-order valence-corrected chi connectivity index (χ3v) is 5.51. The van der Waals surface area contributed by atoms with Crippen LogP contribution in [-0.4, -0.2) is 25.8 Å². The van der Waals surface area contributed by atoms with E-state index < -0.39 is 15.3 Å². The van der Waals surface area contributed by atoms with Gasteiger partial charge in [-0.2, -0.15) is 0 Å². The van der Waals surface area contributed by atoms with Gasteiger partial charge in [0.2, 0.25) is 15.3 Å². The van der Waals surface area contributed by atoms with Crippen molar-refractivity contribution in [2.45, 2.75) is 15.2 Å². The first-order valence-corrected chi connectivity index (χ1v) is 7.36. The maximum atomic E-state index is 12.2. The Morgan fingerprint density at radius 3 is 2.41 bits per heavy atom. The van der Waals surface area contributed by atoms with Crippen LogP contribution in [0.2, 0.25) is 0 Å². The normalized spacial score (nSPS) is 23.4. The first-order chi connectivity index (χ1) is 8.05. The van der Waals surface area contributed by atoms with E-state index in [-0.39, 0.29) is 9.72 Å². The van der Waals surface area contributed by atoms with E-state index in [4.69, 9.17) is 9.47 Å². The second-order valence-corrected chi connectivity index (χ2v) is 6.58. The molecule has 0 aromatic heterocycles. The molecule has 2 unspecified atom stereocenters. The molecule has 0 amide bonds. The summed E-state index contributed by atoms with van der Waals surface area (Å²) in [6.07, 6.45) is 3.05. The zero-order valence-corrected chi connectivity index (χ0v) is 11.4. The molecule has 6 heteroatoms. The summed E-state index contributed by atoms with van der Waals surface area (Å²) >= 11 is 3.25. The Bertz CT molecular complexity index is 521. The second-order valence-electron chi connectivity index (χ2n) is 3.50. The molecule has 17 heavy (non-hydrogen) atoms. The minimum absolute atomic E-state index is 0.219. The summed E-state index contributed by atoms with van der Waals surface area (Å²) in [5.41, 5.74) is -0.907. The largest absolute Gasteiger partial charge is 0.497 e. The van der Waals surface area contributed by atoms with Gasteiger partial charge >= 0.3 is 0 Å². The maximum Gasteiger partial charge on any atom is 0.218 e. The van der Waals surface area contributed by atoms with Gasteiger partial charge in [0.15, 0.2) is 0 Å². The third-order valence-electron chi connectivity index (χ3n) is 2.43. The molecule has 0 N–H and O–H groups in total. The van der Waals surface area contributed by atoms with E-state index in [0.717, 1.165) is 0 Å². The summed E-state index contributed by atoms with van der Waals surface area (Å²) in [5.74, 6) is 0.616. The molecule has 0 saturated carbocycles. The fraction of sp³-hybridized carbons (Fsp3) is 0.273. The van der Waals surface area contributed by atoms with Crippen LogP contribution in [0.15, 0.2) is 41.5 Å². The fourth-order valence-corrected chi connectivity index (χ4v) is 4.04. The predicted octanol–water partition coefficient (Wildman–Crippen LogP) is 2.10. The average Bonchev–Trinajstić information content (AvgIpc) is 2.76. The molecular formula is C11H11BrO4S. The van der Waals surface area contributed by atoms with E-state index in [1.807, 2.05) is 0 Å². The topological polar surface area (TPSA) is 52.6 Å². The number of halogens is 1. The van der Waals surface area contributed by atoms with Gasteiger partial charge in [0, 0.05) is 0 Å². The monoisotopic (exact) mass is 318 g/mol. The molecule has 0 aliphatic carbocycles. The predicted molar refractivity (Wildman–Crippen MR) is 66.9 cm³/mol. The fourth-order valence-electron chi connectivity index (χ4n) is 1.51. The molecule has 0 spiro atoms. The Kier molecular flexibility index (Phi) is 3.44. The first kappa shape index (κ1) is 12.4. The number of hydrogen-bond acceptors (Lipinski definition) is 4. The van der Waals surface area contributed by atoms with Gasteiger partial charge in [-0.15, -0.1) is 0 Å². The molecule has 0 fully saturated rings. The van der Waals surface area contributed by atoms with Gasteiger partial charge < -0.3 is 9.47 Å². The van der Waals surface area contributed by atoms with Crippen LogP contribution >= 0.6 is 15.9 Å². The summed E-state index contributed by atoms with van der Waals surface area (Å²) in [6.45, 7) is 0. The van der Waals surface area contributed by atoms with Crippen molar-refractivity contribution in [2.75, 3.05) is 7.11 Å². The van der Waals surface area contributed by atoms with Crippen molar-refractivity contribution in [2.24, 2.45) is 0 Å². The van der Waals surface area contributed by atoms with Gasteiger partial charge in [0.05, 0.1) is 23.1 Å². The van der Waals surface area contributed by atoms with E-state index >= 15 is 0 Å². The van der Waals surface area contributed by atoms with Crippen LogP contribution in [0.4, 0.5) is 0 Å². The quantitative estimate of drug-likeness (QED) is 0.801. The Morgan fingerprint density at radius 2 is 1.94 bits per heavy atom. The Balaban J connectivity index is 2.31. The van der Waals surface area contributed by atoms with E-state index in [1.54, 1.807) is 18.2 Å². The summed E-state index contributed by atoms with van der Waals surface area (Å²) in [7, 11) is -1.97. The van der Waals surface area contributed by atoms with Crippen LogP contribution in [0.1, 0.15) is 0 Å². The van der Waals surface area contributed by atoms with Crippen molar-refractivity contribution in [3.8, 4) is 5.75 Å². The van der Waals surface area contributed by atoms with Gasteiger partial charge in [-0.05, 0) is 30.3 Å². The highest BCUT2D eigenvalue weighted by atomic mass is 79.9. The highest BCUT2D eigenvalue weighted by Crippen LogP contribution is 2.28. The Morgan fingerprint density at radius 1 is 1.29 bits per heavy atom. The zero-order chi connectivity index (χ0) is 12.5.